The van der Waals surface area contributed by atoms with Crippen LogP contribution < -0.4 is 9.64 Å². The monoisotopic (exact) mass is 472 g/mol. The molecule has 1 spiro atoms. The lowest BCUT2D eigenvalue weighted by Gasteiger charge is -2.48. The molecule has 0 N–H and O–H groups in total. The zero-order valence-electron chi connectivity index (χ0n) is 18.9. The lowest BCUT2D eigenvalue weighted by Crippen LogP contribution is -2.54. The predicted molar refractivity (Wildman–Crippen MR) is 119 cm³/mol. The number of anilines is 1. The molecule has 1 fully saturated rings. The maximum absolute atomic E-state index is 14.0. The van der Waals surface area contributed by atoms with Crippen LogP contribution in [0.2, 0.25) is 0 Å². The number of nitrogens with zero attached hydrogens (tertiary/aromatic N) is 4. The number of piperidine rings is 1. The normalized spacial score (nSPS) is 19.6. The van der Waals surface area contributed by atoms with E-state index in [0.29, 0.717) is 43.0 Å². The van der Waals surface area contributed by atoms with Crippen molar-refractivity contribution in [2.75, 3.05) is 18.0 Å². The summed E-state index contributed by atoms with van der Waals surface area (Å²) >= 11 is 0. The number of pyridine rings is 1. The Bertz CT molecular complexity index is 1200. The topological polar surface area (TPSA) is 51.1 Å². The molecule has 0 aliphatic carbocycles. The summed E-state index contributed by atoms with van der Waals surface area (Å²) in [5, 5.41) is 0. The van der Waals surface area contributed by atoms with E-state index < -0.39 is 11.9 Å². The van der Waals surface area contributed by atoms with Crippen molar-refractivity contribution in [1.29, 1.82) is 0 Å². The summed E-state index contributed by atoms with van der Waals surface area (Å²) in [6.45, 7) is 5.09. The fraction of sp³-hybridized carbons (Fsp3) is 0.400. The van der Waals surface area contributed by atoms with Gasteiger partial charge in [-0.15, -0.1) is 0 Å². The SMILES string of the molecule is Cc1ccc(-c2cc3c(cn2)OC2(CCN(c4cnc(C(F)(F)F)cn4)CC2)C(C)C3)cc1F. The Kier molecular flexibility index (Phi) is 5.45. The molecule has 34 heavy (non-hydrogen) atoms. The second-order valence-corrected chi connectivity index (χ2v) is 9.16. The van der Waals surface area contributed by atoms with Gasteiger partial charge in [0.05, 0.1) is 24.3 Å². The van der Waals surface area contributed by atoms with Crippen LogP contribution in [0.15, 0.2) is 42.9 Å². The van der Waals surface area contributed by atoms with Gasteiger partial charge >= 0.3 is 6.18 Å². The molecular weight excluding hydrogens is 448 g/mol. The molecule has 178 valence electrons. The van der Waals surface area contributed by atoms with Crippen LogP contribution in [-0.2, 0) is 12.6 Å². The number of alkyl halides is 3. The summed E-state index contributed by atoms with van der Waals surface area (Å²) in [6.07, 6.45) is 1.39. The van der Waals surface area contributed by atoms with Gasteiger partial charge in [0.15, 0.2) is 5.69 Å². The van der Waals surface area contributed by atoms with Gasteiger partial charge in [0, 0.05) is 37.4 Å². The summed E-state index contributed by atoms with van der Waals surface area (Å²) < 4.78 is 58.8. The lowest BCUT2D eigenvalue weighted by molar-refractivity contribution is -0.141. The van der Waals surface area contributed by atoms with E-state index in [1.54, 1.807) is 19.2 Å². The summed E-state index contributed by atoms with van der Waals surface area (Å²) in [5.74, 6) is 1.14. The molecule has 2 aromatic heterocycles. The third kappa shape index (κ3) is 4.08. The van der Waals surface area contributed by atoms with E-state index in [4.69, 9.17) is 4.74 Å². The van der Waals surface area contributed by atoms with Crippen LogP contribution in [0.3, 0.4) is 0 Å². The van der Waals surface area contributed by atoms with Crippen LogP contribution in [0, 0.1) is 18.7 Å². The summed E-state index contributed by atoms with van der Waals surface area (Å²) in [4.78, 5) is 14.0. The zero-order chi connectivity index (χ0) is 24.1. The van der Waals surface area contributed by atoms with Gasteiger partial charge in [-0.3, -0.25) is 4.98 Å². The molecule has 0 radical (unpaired) electrons. The second-order valence-electron chi connectivity index (χ2n) is 9.16. The number of rotatable bonds is 2. The number of aromatic nitrogens is 3. The van der Waals surface area contributed by atoms with E-state index in [0.717, 1.165) is 29.5 Å². The highest BCUT2D eigenvalue weighted by Gasteiger charge is 2.45. The maximum atomic E-state index is 14.0. The van der Waals surface area contributed by atoms with Gasteiger partial charge in [-0.1, -0.05) is 19.1 Å². The third-order valence-corrected chi connectivity index (χ3v) is 7.02. The number of halogens is 4. The Morgan fingerprint density at radius 2 is 1.79 bits per heavy atom. The van der Waals surface area contributed by atoms with Gasteiger partial charge in [0.25, 0.3) is 0 Å². The van der Waals surface area contributed by atoms with Crippen molar-refractivity contribution < 1.29 is 22.3 Å². The van der Waals surface area contributed by atoms with Gasteiger partial charge in [-0.05, 0) is 36.6 Å². The van der Waals surface area contributed by atoms with Crippen LogP contribution in [0.1, 0.15) is 36.6 Å². The first-order chi connectivity index (χ1) is 16.1. The molecule has 4 heterocycles. The second kappa shape index (κ2) is 8.21. The number of fused-ring (bicyclic) bond motifs is 1. The summed E-state index contributed by atoms with van der Waals surface area (Å²) in [6, 6.07) is 7.07. The van der Waals surface area contributed by atoms with Gasteiger partial charge < -0.3 is 9.64 Å². The summed E-state index contributed by atoms with van der Waals surface area (Å²) in [5.41, 5.74) is 1.70. The number of benzene rings is 1. The highest BCUT2D eigenvalue weighted by Crippen LogP contribution is 2.44. The molecule has 2 aliphatic heterocycles. The van der Waals surface area contributed by atoms with Crippen molar-refractivity contribution in [2.45, 2.75) is 44.9 Å². The van der Waals surface area contributed by atoms with Crippen molar-refractivity contribution in [3.05, 3.63) is 65.5 Å². The highest BCUT2D eigenvalue weighted by molar-refractivity contribution is 5.62. The van der Waals surface area contributed by atoms with Crippen LogP contribution in [0.4, 0.5) is 23.4 Å². The van der Waals surface area contributed by atoms with Crippen molar-refractivity contribution in [3.8, 4) is 17.0 Å². The fourth-order valence-electron chi connectivity index (χ4n) is 4.82. The number of hydrogen-bond acceptors (Lipinski definition) is 5. The van der Waals surface area contributed by atoms with E-state index in [-0.39, 0.29) is 17.3 Å². The minimum atomic E-state index is -4.50. The van der Waals surface area contributed by atoms with Crippen LogP contribution in [-0.4, -0.2) is 33.6 Å². The highest BCUT2D eigenvalue weighted by atomic mass is 19.4. The number of ether oxygens (including phenoxy) is 1. The minimum absolute atomic E-state index is 0.228. The molecular formula is C25H24F4N4O. The largest absolute Gasteiger partial charge is 0.485 e. The minimum Gasteiger partial charge on any atom is -0.485 e. The van der Waals surface area contributed by atoms with Crippen molar-refractivity contribution in [2.24, 2.45) is 5.92 Å². The molecule has 9 heteroatoms. The van der Waals surface area contributed by atoms with Gasteiger partial charge in [0.1, 0.15) is 23.0 Å². The standard InChI is InChI=1S/C25H24F4N4O/c1-15-3-4-17(10-19(15)26)20-11-18-9-16(2)24(34-21(18)12-30-20)5-7-33(8-6-24)23-14-31-22(13-32-23)25(27,28)29/h3-4,10-14,16H,5-9H2,1-2H3. The van der Waals surface area contributed by atoms with Gasteiger partial charge in [0.2, 0.25) is 0 Å². The Morgan fingerprint density at radius 3 is 2.44 bits per heavy atom. The van der Waals surface area contributed by atoms with E-state index >= 15 is 0 Å². The number of hydrogen-bond donors (Lipinski definition) is 0. The van der Waals surface area contributed by atoms with Crippen molar-refractivity contribution >= 4 is 5.82 Å². The first-order valence-electron chi connectivity index (χ1n) is 11.2. The van der Waals surface area contributed by atoms with Crippen LogP contribution in [0.5, 0.6) is 5.75 Å². The molecule has 0 bridgehead atoms. The van der Waals surface area contributed by atoms with E-state index in [2.05, 4.69) is 21.9 Å². The van der Waals surface area contributed by atoms with Crippen molar-refractivity contribution in [1.82, 2.24) is 15.0 Å². The molecule has 3 aromatic rings. The van der Waals surface area contributed by atoms with Gasteiger partial charge in [-0.25, -0.2) is 14.4 Å². The molecule has 5 nitrogen and oxygen atoms in total. The average Bonchev–Trinajstić information content (AvgIpc) is 2.81. The molecule has 1 atom stereocenters. The van der Waals surface area contributed by atoms with Crippen LogP contribution >= 0.6 is 0 Å². The van der Waals surface area contributed by atoms with E-state index in [9.17, 15) is 17.6 Å². The Balaban J connectivity index is 1.31. The molecule has 1 unspecified atom stereocenters. The molecule has 0 saturated carbocycles. The Labute approximate surface area is 194 Å². The molecule has 0 amide bonds. The quantitative estimate of drug-likeness (QED) is 0.454. The average molecular weight is 472 g/mol. The van der Waals surface area contributed by atoms with E-state index in [1.165, 1.54) is 12.3 Å². The molecule has 2 aliphatic rings. The van der Waals surface area contributed by atoms with Gasteiger partial charge in [-0.2, -0.15) is 13.2 Å². The van der Waals surface area contributed by atoms with E-state index in [1.807, 2.05) is 17.0 Å². The zero-order valence-corrected chi connectivity index (χ0v) is 18.9. The maximum Gasteiger partial charge on any atom is 0.434 e. The third-order valence-electron chi connectivity index (χ3n) is 7.02. The Morgan fingerprint density at radius 1 is 1.03 bits per heavy atom. The summed E-state index contributed by atoms with van der Waals surface area (Å²) in [7, 11) is 0. The first kappa shape index (κ1) is 22.6. The Hall–Kier alpha value is -3.23. The fourth-order valence-corrected chi connectivity index (χ4v) is 4.82. The smallest absolute Gasteiger partial charge is 0.434 e. The van der Waals surface area contributed by atoms with Crippen molar-refractivity contribution in [3.63, 3.8) is 0 Å². The molecule has 1 saturated heterocycles. The first-order valence-corrected chi connectivity index (χ1v) is 11.2. The lowest BCUT2D eigenvalue weighted by atomic mass is 9.75. The van der Waals surface area contributed by atoms with Crippen LogP contribution in [0.25, 0.3) is 11.3 Å². The predicted octanol–water partition coefficient (Wildman–Crippen LogP) is 5.62. The number of aryl methyl sites for hydroxylation is 1. The molecule has 1 aromatic carbocycles. The molecule has 5 rings (SSSR count).